The Hall–Kier alpha value is -1.29. The molecule has 1 aliphatic heterocycles. The van der Waals surface area contributed by atoms with Crippen LogP contribution in [0.25, 0.3) is 0 Å². The first kappa shape index (κ1) is 11.8. The Morgan fingerprint density at radius 3 is 3.06 bits per heavy atom. The van der Waals surface area contributed by atoms with Crippen molar-refractivity contribution < 1.29 is 13.9 Å². The molecule has 1 aromatic rings. The van der Waals surface area contributed by atoms with E-state index >= 15 is 0 Å². The van der Waals surface area contributed by atoms with E-state index in [2.05, 4.69) is 0 Å². The fraction of sp³-hybridized carbons (Fsp3) is 0.571. The van der Waals surface area contributed by atoms with Crippen molar-refractivity contribution in [1.29, 1.82) is 0 Å². The maximum Gasteiger partial charge on any atom is 0.123 e. The molecule has 98 valence electrons. The van der Waals surface area contributed by atoms with Crippen molar-refractivity contribution in [2.75, 3.05) is 26.4 Å². The number of alkyl halides is 1. The molecule has 0 radical (unpaired) electrons. The molecule has 2 N–H and O–H groups in total. The first-order valence-corrected chi connectivity index (χ1v) is 6.52. The minimum absolute atomic E-state index is 0.118. The number of ether oxygens (including phenoxy) is 2. The zero-order chi connectivity index (χ0) is 12.5. The Balaban J connectivity index is 1.94. The fourth-order valence-electron chi connectivity index (χ4n) is 2.82. The lowest BCUT2D eigenvalue weighted by atomic mass is 9.98. The summed E-state index contributed by atoms with van der Waals surface area (Å²) in [6.45, 7) is 1.09. The second-order valence-corrected chi connectivity index (χ2v) is 4.93. The Morgan fingerprint density at radius 2 is 2.33 bits per heavy atom. The van der Waals surface area contributed by atoms with E-state index in [-0.39, 0.29) is 6.61 Å². The van der Waals surface area contributed by atoms with Gasteiger partial charge in [-0.3, -0.25) is 0 Å². The number of hydrogen-bond acceptors (Lipinski definition) is 3. The monoisotopic (exact) mass is 251 g/mol. The van der Waals surface area contributed by atoms with Crippen molar-refractivity contribution in [2.24, 2.45) is 11.7 Å². The molecule has 3 rings (SSSR count). The number of nitrogens with two attached hydrogens (primary N) is 1. The molecular formula is C14H18FNO2. The standard InChI is InChI=1S/C14H18FNO2/c15-4-6-18-13-2-1-12-10(3-5-17-12)14(13)11-7-9(11)8-16/h1-2,9,11H,3-8,16H2/t9-,11+/m1/s1. The first-order chi connectivity index (χ1) is 8.85. The highest BCUT2D eigenvalue weighted by Crippen LogP contribution is 2.53. The maximum absolute atomic E-state index is 12.3. The van der Waals surface area contributed by atoms with Gasteiger partial charge in [0.2, 0.25) is 0 Å². The summed E-state index contributed by atoms with van der Waals surface area (Å²) < 4.78 is 23.4. The molecule has 1 heterocycles. The molecule has 1 fully saturated rings. The molecule has 0 saturated heterocycles. The van der Waals surface area contributed by atoms with Gasteiger partial charge in [-0.25, -0.2) is 4.39 Å². The summed E-state index contributed by atoms with van der Waals surface area (Å²) >= 11 is 0. The zero-order valence-electron chi connectivity index (χ0n) is 10.3. The van der Waals surface area contributed by atoms with Gasteiger partial charge in [-0.2, -0.15) is 0 Å². The third-order valence-corrected chi connectivity index (χ3v) is 3.81. The average Bonchev–Trinajstić information content (AvgIpc) is 3.02. The maximum atomic E-state index is 12.3. The number of hydrogen-bond donors (Lipinski definition) is 1. The smallest absolute Gasteiger partial charge is 0.123 e. The average molecular weight is 251 g/mol. The zero-order valence-corrected chi connectivity index (χ0v) is 10.3. The molecule has 0 spiro atoms. The lowest BCUT2D eigenvalue weighted by Gasteiger charge is -2.14. The van der Waals surface area contributed by atoms with E-state index in [0.717, 1.165) is 30.9 Å². The van der Waals surface area contributed by atoms with Crippen molar-refractivity contribution in [2.45, 2.75) is 18.8 Å². The van der Waals surface area contributed by atoms with E-state index in [0.29, 0.717) is 18.4 Å². The van der Waals surface area contributed by atoms with Crippen LogP contribution < -0.4 is 15.2 Å². The molecule has 1 aliphatic carbocycles. The summed E-state index contributed by atoms with van der Waals surface area (Å²) in [5.74, 6) is 2.80. The third kappa shape index (κ3) is 1.94. The number of rotatable bonds is 5. The lowest BCUT2D eigenvalue weighted by Crippen LogP contribution is -2.06. The van der Waals surface area contributed by atoms with Crippen molar-refractivity contribution in [3.63, 3.8) is 0 Å². The Labute approximate surface area is 106 Å². The summed E-state index contributed by atoms with van der Waals surface area (Å²) in [7, 11) is 0. The summed E-state index contributed by atoms with van der Waals surface area (Å²) in [4.78, 5) is 0. The van der Waals surface area contributed by atoms with E-state index in [1.165, 1.54) is 11.1 Å². The van der Waals surface area contributed by atoms with Gasteiger partial charge in [0.1, 0.15) is 24.8 Å². The molecule has 4 heteroatoms. The van der Waals surface area contributed by atoms with Gasteiger partial charge in [-0.15, -0.1) is 0 Å². The van der Waals surface area contributed by atoms with E-state index in [1.54, 1.807) is 0 Å². The third-order valence-electron chi connectivity index (χ3n) is 3.81. The minimum Gasteiger partial charge on any atom is -0.493 e. The van der Waals surface area contributed by atoms with Crippen molar-refractivity contribution >= 4 is 0 Å². The van der Waals surface area contributed by atoms with Gasteiger partial charge in [0, 0.05) is 17.5 Å². The molecule has 3 nitrogen and oxygen atoms in total. The molecule has 0 unspecified atom stereocenters. The van der Waals surface area contributed by atoms with Gasteiger partial charge in [0.25, 0.3) is 0 Å². The topological polar surface area (TPSA) is 44.5 Å². The second kappa shape index (κ2) is 4.76. The Bertz CT molecular complexity index is 450. The molecule has 1 aromatic carbocycles. The molecule has 0 aromatic heterocycles. The summed E-state index contributed by atoms with van der Waals surface area (Å²) in [6, 6.07) is 3.83. The van der Waals surface area contributed by atoms with Crippen LogP contribution in [0.5, 0.6) is 11.5 Å². The highest BCUT2D eigenvalue weighted by atomic mass is 19.1. The molecular weight excluding hydrogens is 233 g/mol. The molecule has 2 aliphatic rings. The molecule has 18 heavy (non-hydrogen) atoms. The molecule has 0 bridgehead atoms. The van der Waals surface area contributed by atoms with Crippen molar-refractivity contribution in [3.8, 4) is 11.5 Å². The van der Waals surface area contributed by atoms with E-state index < -0.39 is 6.67 Å². The summed E-state index contributed by atoms with van der Waals surface area (Å²) in [5, 5.41) is 0. The fourth-order valence-corrected chi connectivity index (χ4v) is 2.82. The van der Waals surface area contributed by atoms with Crippen LogP contribution in [-0.4, -0.2) is 26.4 Å². The lowest BCUT2D eigenvalue weighted by molar-refractivity contribution is 0.270. The quantitative estimate of drug-likeness (QED) is 0.871. The van der Waals surface area contributed by atoms with Crippen molar-refractivity contribution in [3.05, 3.63) is 23.3 Å². The SMILES string of the molecule is NC[C@H]1C[C@@H]1c1c(OCCF)ccc2c1CCO2. The van der Waals surface area contributed by atoms with Gasteiger partial charge in [-0.1, -0.05) is 0 Å². The summed E-state index contributed by atoms with van der Waals surface area (Å²) in [6.07, 6.45) is 2.03. The first-order valence-electron chi connectivity index (χ1n) is 6.52. The van der Waals surface area contributed by atoms with E-state index in [9.17, 15) is 4.39 Å². The molecule has 1 saturated carbocycles. The van der Waals surface area contributed by atoms with Crippen LogP contribution in [0.1, 0.15) is 23.5 Å². The van der Waals surface area contributed by atoms with Gasteiger partial charge in [-0.05, 0) is 36.9 Å². The molecule has 2 atom stereocenters. The van der Waals surface area contributed by atoms with Crippen LogP contribution in [0.3, 0.4) is 0 Å². The highest BCUT2D eigenvalue weighted by molar-refractivity contribution is 5.54. The molecule has 0 amide bonds. The van der Waals surface area contributed by atoms with Crippen LogP contribution in [0.15, 0.2) is 12.1 Å². The minimum atomic E-state index is -0.460. The van der Waals surface area contributed by atoms with Crippen molar-refractivity contribution in [1.82, 2.24) is 0 Å². The number of fused-ring (bicyclic) bond motifs is 1. The normalized spacial score (nSPS) is 24.6. The predicted molar refractivity (Wildman–Crippen MR) is 67.0 cm³/mol. The predicted octanol–water partition coefficient (Wildman–Crippen LogP) is 2.03. The second-order valence-electron chi connectivity index (χ2n) is 4.93. The highest BCUT2D eigenvalue weighted by Gasteiger charge is 2.41. The van der Waals surface area contributed by atoms with Crippen LogP contribution >= 0.6 is 0 Å². The van der Waals surface area contributed by atoms with Crippen LogP contribution in [-0.2, 0) is 6.42 Å². The largest absolute Gasteiger partial charge is 0.493 e. The van der Waals surface area contributed by atoms with Gasteiger partial charge in [0.05, 0.1) is 6.61 Å². The van der Waals surface area contributed by atoms with Crippen LogP contribution in [0, 0.1) is 5.92 Å². The van der Waals surface area contributed by atoms with Gasteiger partial charge >= 0.3 is 0 Å². The Kier molecular flexibility index (Phi) is 3.12. The van der Waals surface area contributed by atoms with E-state index in [4.69, 9.17) is 15.2 Å². The van der Waals surface area contributed by atoms with Crippen LogP contribution in [0.4, 0.5) is 4.39 Å². The van der Waals surface area contributed by atoms with Gasteiger partial charge in [0.15, 0.2) is 0 Å². The number of benzene rings is 1. The summed E-state index contributed by atoms with van der Waals surface area (Å²) in [5.41, 5.74) is 8.18. The Morgan fingerprint density at radius 1 is 1.44 bits per heavy atom. The van der Waals surface area contributed by atoms with E-state index in [1.807, 2.05) is 12.1 Å². The van der Waals surface area contributed by atoms with Crippen LogP contribution in [0.2, 0.25) is 0 Å². The number of halogens is 1. The van der Waals surface area contributed by atoms with Gasteiger partial charge < -0.3 is 15.2 Å².